The van der Waals surface area contributed by atoms with E-state index in [9.17, 15) is 0 Å². The van der Waals surface area contributed by atoms with Gasteiger partial charge in [0.05, 0.1) is 31.5 Å². The third kappa shape index (κ3) is 3.03. The van der Waals surface area contributed by atoms with Crippen LogP contribution >= 0.6 is 0 Å². The Bertz CT molecular complexity index is 871. The van der Waals surface area contributed by atoms with Gasteiger partial charge in [-0.15, -0.1) is 0 Å². The molecule has 0 aliphatic carbocycles. The van der Waals surface area contributed by atoms with Gasteiger partial charge < -0.3 is 14.0 Å². The molecule has 3 aromatic rings. The predicted molar refractivity (Wildman–Crippen MR) is 96.2 cm³/mol. The Morgan fingerprint density at radius 2 is 2.00 bits per heavy atom. The lowest BCUT2D eigenvalue weighted by Crippen LogP contribution is -2.02. The lowest BCUT2D eigenvalue weighted by Gasteiger charge is -2.07. The number of hydrogen-bond acceptors (Lipinski definition) is 5. The summed E-state index contributed by atoms with van der Waals surface area (Å²) < 4.78 is 12.7. The maximum absolute atomic E-state index is 5.35. The van der Waals surface area contributed by atoms with Crippen LogP contribution in [0.5, 0.6) is 11.5 Å². The molecule has 3 rings (SSSR count). The lowest BCUT2D eigenvalue weighted by molar-refractivity contribution is 0.402. The first-order chi connectivity index (χ1) is 11.8. The minimum absolute atomic E-state index is 0.705. The zero-order valence-corrected chi connectivity index (χ0v) is 14.0. The third-order valence-electron chi connectivity index (χ3n) is 3.78. The highest BCUT2D eigenvalue weighted by Gasteiger charge is 2.08. The van der Waals surface area contributed by atoms with Crippen molar-refractivity contribution in [3.05, 3.63) is 48.0 Å². The van der Waals surface area contributed by atoms with E-state index >= 15 is 0 Å². The fourth-order valence-corrected chi connectivity index (χ4v) is 2.58. The van der Waals surface area contributed by atoms with E-state index in [1.54, 1.807) is 20.4 Å². The number of nitrogens with one attached hydrogen (secondary N) is 1. The number of hydrogen-bond donors (Lipinski definition) is 1. The quantitative estimate of drug-likeness (QED) is 0.557. The fraction of sp³-hybridized carbons (Fsp3) is 0.222. The topological polar surface area (TPSA) is 60.7 Å². The third-order valence-corrected chi connectivity index (χ3v) is 3.78. The molecule has 0 saturated carbocycles. The second-order valence-electron chi connectivity index (χ2n) is 5.15. The van der Waals surface area contributed by atoms with Crippen molar-refractivity contribution < 1.29 is 9.47 Å². The smallest absolute Gasteiger partial charge is 0.224 e. The Hall–Kier alpha value is -3.02. The van der Waals surface area contributed by atoms with E-state index in [1.807, 2.05) is 42.5 Å². The van der Waals surface area contributed by atoms with Crippen LogP contribution in [0.15, 0.2) is 47.6 Å². The number of aryl methyl sites for hydroxylation is 1. The molecule has 1 N–H and O–H groups in total. The molecular formula is C18H20N4O2. The highest BCUT2D eigenvalue weighted by Crippen LogP contribution is 2.23. The minimum atomic E-state index is 0.705. The van der Waals surface area contributed by atoms with Crippen LogP contribution in [0, 0.1) is 0 Å². The second kappa shape index (κ2) is 7.04. The Morgan fingerprint density at radius 1 is 1.17 bits per heavy atom. The molecule has 0 aliphatic rings. The average Bonchev–Trinajstić information content (AvgIpc) is 2.98. The van der Waals surface area contributed by atoms with Gasteiger partial charge in [0.1, 0.15) is 11.5 Å². The normalized spacial score (nSPS) is 11.1. The van der Waals surface area contributed by atoms with Crippen LogP contribution in [-0.4, -0.2) is 30.0 Å². The summed E-state index contributed by atoms with van der Waals surface area (Å²) in [5, 5.41) is 4.31. The molecular weight excluding hydrogens is 304 g/mol. The molecule has 2 aromatic carbocycles. The van der Waals surface area contributed by atoms with Gasteiger partial charge in [0, 0.05) is 12.1 Å². The van der Waals surface area contributed by atoms with Crippen molar-refractivity contribution in [3.8, 4) is 11.5 Å². The number of methoxy groups -OCH3 is 2. The maximum atomic E-state index is 5.35. The molecule has 124 valence electrons. The number of benzene rings is 2. The highest BCUT2D eigenvalue weighted by molar-refractivity contribution is 5.85. The number of hydrazone groups is 1. The summed E-state index contributed by atoms with van der Waals surface area (Å²) in [6, 6.07) is 13.6. The van der Waals surface area contributed by atoms with Gasteiger partial charge in [-0.2, -0.15) is 5.10 Å². The maximum Gasteiger partial charge on any atom is 0.224 e. The zero-order valence-electron chi connectivity index (χ0n) is 14.0. The summed E-state index contributed by atoms with van der Waals surface area (Å²) in [7, 11) is 3.26. The van der Waals surface area contributed by atoms with Crippen LogP contribution in [0.25, 0.3) is 11.0 Å². The number of aromatic nitrogens is 2. The van der Waals surface area contributed by atoms with Crippen molar-refractivity contribution in [3.63, 3.8) is 0 Å². The number of ether oxygens (including phenoxy) is 2. The molecule has 0 unspecified atom stereocenters. The van der Waals surface area contributed by atoms with Crippen molar-refractivity contribution in [1.82, 2.24) is 9.55 Å². The summed E-state index contributed by atoms with van der Waals surface area (Å²) in [6.45, 7) is 2.88. The van der Waals surface area contributed by atoms with Gasteiger partial charge in [-0.05, 0) is 37.3 Å². The SMILES string of the molecule is CCn1c(N/N=C\c2cc(OC)ccc2OC)nc2ccccc21. The van der Waals surface area contributed by atoms with Crippen LogP contribution in [0.1, 0.15) is 12.5 Å². The van der Waals surface area contributed by atoms with E-state index in [1.165, 1.54) is 0 Å². The standard InChI is InChI=1S/C18H20N4O2/c1-4-22-16-8-6-5-7-15(16)20-18(22)21-19-12-13-11-14(23-2)9-10-17(13)24-3/h5-12H,4H2,1-3H3,(H,20,21)/b19-12-. The van der Waals surface area contributed by atoms with Crippen LogP contribution in [0.3, 0.4) is 0 Å². The van der Waals surface area contributed by atoms with Crippen molar-refractivity contribution in [2.75, 3.05) is 19.6 Å². The number of rotatable bonds is 6. The largest absolute Gasteiger partial charge is 0.497 e. The predicted octanol–water partition coefficient (Wildman–Crippen LogP) is 3.52. The summed E-state index contributed by atoms with van der Waals surface area (Å²) in [4.78, 5) is 4.57. The first kappa shape index (κ1) is 15.9. The van der Waals surface area contributed by atoms with E-state index in [0.29, 0.717) is 5.95 Å². The average molecular weight is 324 g/mol. The van der Waals surface area contributed by atoms with Gasteiger partial charge in [-0.25, -0.2) is 10.4 Å². The molecule has 0 atom stereocenters. The number of imidazole rings is 1. The van der Waals surface area contributed by atoms with Crippen molar-refractivity contribution in [2.24, 2.45) is 5.10 Å². The van der Waals surface area contributed by atoms with Crippen molar-refractivity contribution in [1.29, 1.82) is 0 Å². The Morgan fingerprint density at radius 3 is 2.75 bits per heavy atom. The van der Waals surface area contributed by atoms with E-state index in [4.69, 9.17) is 9.47 Å². The summed E-state index contributed by atoms with van der Waals surface area (Å²) in [5.74, 6) is 2.18. The molecule has 0 saturated heterocycles. The minimum Gasteiger partial charge on any atom is -0.497 e. The van der Waals surface area contributed by atoms with Crippen LogP contribution < -0.4 is 14.9 Å². The molecule has 0 fully saturated rings. The molecule has 0 aliphatic heterocycles. The molecule has 24 heavy (non-hydrogen) atoms. The first-order valence-corrected chi connectivity index (χ1v) is 7.73. The molecule has 1 aromatic heterocycles. The van der Waals surface area contributed by atoms with Crippen LogP contribution in [0.4, 0.5) is 5.95 Å². The number of fused-ring (bicyclic) bond motifs is 1. The highest BCUT2D eigenvalue weighted by atomic mass is 16.5. The number of anilines is 1. The Kier molecular flexibility index (Phi) is 4.65. The second-order valence-corrected chi connectivity index (χ2v) is 5.15. The molecule has 0 spiro atoms. The Labute approximate surface area is 140 Å². The van der Waals surface area contributed by atoms with E-state index in [0.717, 1.165) is 34.6 Å². The van der Waals surface area contributed by atoms with E-state index in [-0.39, 0.29) is 0 Å². The molecule has 6 heteroatoms. The Balaban J connectivity index is 1.87. The number of para-hydroxylation sites is 2. The van der Waals surface area contributed by atoms with Crippen LogP contribution in [0.2, 0.25) is 0 Å². The zero-order chi connectivity index (χ0) is 16.9. The lowest BCUT2D eigenvalue weighted by atomic mass is 10.2. The molecule has 1 heterocycles. The monoisotopic (exact) mass is 324 g/mol. The molecule has 0 bridgehead atoms. The van der Waals surface area contributed by atoms with Crippen molar-refractivity contribution >= 4 is 23.2 Å². The summed E-state index contributed by atoms with van der Waals surface area (Å²) in [5.41, 5.74) is 5.86. The molecule has 0 amide bonds. The summed E-state index contributed by atoms with van der Waals surface area (Å²) >= 11 is 0. The molecule has 0 radical (unpaired) electrons. The van der Waals surface area contributed by atoms with Gasteiger partial charge in [0.15, 0.2) is 0 Å². The first-order valence-electron chi connectivity index (χ1n) is 7.73. The fourth-order valence-electron chi connectivity index (χ4n) is 2.58. The van der Waals surface area contributed by atoms with E-state index in [2.05, 4.69) is 27.0 Å². The van der Waals surface area contributed by atoms with Gasteiger partial charge in [0.2, 0.25) is 5.95 Å². The number of nitrogens with zero attached hydrogens (tertiary/aromatic N) is 3. The van der Waals surface area contributed by atoms with Crippen LogP contribution in [-0.2, 0) is 6.54 Å². The van der Waals surface area contributed by atoms with Gasteiger partial charge in [0.25, 0.3) is 0 Å². The van der Waals surface area contributed by atoms with Gasteiger partial charge >= 0.3 is 0 Å². The van der Waals surface area contributed by atoms with Gasteiger partial charge in [-0.1, -0.05) is 12.1 Å². The summed E-state index contributed by atoms with van der Waals surface area (Å²) in [6.07, 6.45) is 1.70. The molecule has 6 nitrogen and oxygen atoms in total. The van der Waals surface area contributed by atoms with Gasteiger partial charge in [-0.3, -0.25) is 0 Å². The van der Waals surface area contributed by atoms with Crippen molar-refractivity contribution in [2.45, 2.75) is 13.5 Å². The van der Waals surface area contributed by atoms with E-state index < -0.39 is 0 Å².